The van der Waals surface area contributed by atoms with Crippen LogP contribution in [0.25, 0.3) is 10.8 Å². The van der Waals surface area contributed by atoms with Crippen LogP contribution in [0.15, 0.2) is 69.3 Å². The molecule has 5 rings (SSSR count). The van der Waals surface area contributed by atoms with Crippen LogP contribution in [0.4, 0.5) is 0 Å². The lowest BCUT2D eigenvalue weighted by atomic mass is 9.86. The first-order valence-electron chi connectivity index (χ1n) is 10.2. The summed E-state index contributed by atoms with van der Waals surface area (Å²) in [5, 5.41) is 6.55. The summed E-state index contributed by atoms with van der Waals surface area (Å²) in [4.78, 5) is 27.8. The van der Waals surface area contributed by atoms with Crippen molar-refractivity contribution in [3.8, 4) is 0 Å². The van der Waals surface area contributed by atoms with Crippen LogP contribution in [0.5, 0.6) is 0 Å². The third-order valence-electron chi connectivity index (χ3n) is 6.29. The molecule has 0 radical (unpaired) electrons. The maximum atomic E-state index is 12.9. The number of carbonyl (C=O) groups is 1. The topological polar surface area (TPSA) is 64.0 Å². The Hall–Kier alpha value is -2.60. The van der Waals surface area contributed by atoms with E-state index in [9.17, 15) is 9.59 Å². The van der Waals surface area contributed by atoms with E-state index >= 15 is 0 Å². The maximum Gasteiger partial charge on any atom is 0.294 e. The molecule has 2 bridgehead atoms. The summed E-state index contributed by atoms with van der Waals surface area (Å²) in [6.07, 6.45) is 5.45. The van der Waals surface area contributed by atoms with Gasteiger partial charge in [-0.15, -0.1) is 9.89 Å². The lowest BCUT2D eigenvalue weighted by molar-refractivity contribution is -0.118. The maximum absolute atomic E-state index is 12.9. The predicted octanol–water partition coefficient (Wildman–Crippen LogP) is 4.44. The summed E-state index contributed by atoms with van der Waals surface area (Å²) >= 11 is 1.49. The molecule has 2 aromatic carbocycles. The highest BCUT2D eigenvalue weighted by Gasteiger charge is 2.40. The van der Waals surface area contributed by atoms with Gasteiger partial charge in [0, 0.05) is 16.7 Å². The lowest BCUT2D eigenvalue weighted by Crippen LogP contribution is -2.36. The molecule has 0 aliphatic heterocycles. The van der Waals surface area contributed by atoms with Gasteiger partial charge in [-0.2, -0.15) is 0 Å². The van der Waals surface area contributed by atoms with Gasteiger partial charge in [-0.3, -0.25) is 9.59 Å². The molecule has 148 valence electrons. The van der Waals surface area contributed by atoms with Gasteiger partial charge in [0.15, 0.2) is 0 Å². The number of hydrogen-bond acceptors (Lipinski definition) is 4. The number of benzene rings is 2. The van der Waals surface area contributed by atoms with Gasteiger partial charge in [0.2, 0.25) is 5.91 Å². The second-order valence-electron chi connectivity index (χ2n) is 8.16. The van der Waals surface area contributed by atoms with E-state index in [1.165, 1.54) is 31.0 Å². The zero-order valence-electron chi connectivity index (χ0n) is 16.1. The standard InChI is InChI=1S/C23H23N3O2S/c27-21(14-17-13-15-10-11-16(17)12-15)24-26-23(28)20-9-5-4-8-19(20)22(25-26)29-18-6-2-1-3-7-18/h1-9,15-17H,10-14H2,(H,24,27)/t15-,16+,17-/m1/s1. The first-order valence-corrected chi connectivity index (χ1v) is 11.0. The number of nitrogens with zero attached hydrogens (tertiary/aromatic N) is 2. The van der Waals surface area contributed by atoms with Crippen molar-refractivity contribution in [3.63, 3.8) is 0 Å². The molecule has 0 spiro atoms. The van der Waals surface area contributed by atoms with Crippen molar-refractivity contribution in [1.82, 2.24) is 9.89 Å². The number of hydrogen-bond donors (Lipinski definition) is 1. The van der Waals surface area contributed by atoms with Gasteiger partial charge in [-0.1, -0.05) is 54.6 Å². The van der Waals surface area contributed by atoms with Gasteiger partial charge >= 0.3 is 0 Å². The van der Waals surface area contributed by atoms with Crippen LogP contribution in [-0.4, -0.2) is 15.8 Å². The molecule has 2 saturated carbocycles. The van der Waals surface area contributed by atoms with E-state index in [0.717, 1.165) is 27.4 Å². The van der Waals surface area contributed by atoms with E-state index in [2.05, 4.69) is 10.5 Å². The number of rotatable bonds is 5. The van der Waals surface area contributed by atoms with Crippen LogP contribution in [-0.2, 0) is 4.79 Å². The molecule has 1 heterocycles. The largest absolute Gasteiger partial charge is 0.294 e. The zero-order valence-corrected chi connectivity index (χ0v) is 16.9. The number of fused-ring (bicyclic) bond motifs is 3. The summed E-state index contributed by atoms with van der Waals surface area (Å²) in [6.45, 7) is 0. The van der Waals surface area contributed by atoms with E-state index in [-0.39, 0.29) is 11.5 Å². The van der Waals surface area contributed by atoms with Crippen LogP contribution in [0.1, 0.15) is 32.1 Å². The summed E-state index contributed by atoms with van der Waals surface area (Å²) in [7, 11) is 0. The first-order chi connectivity index (χ1) is 14.2. The van der Waals surface area contributed by atoms with Crippen molar-refractivity contribution in [3.05, 3.63) is 65.0 Å². The van der Waals surface area contributed by atoms with Gasteiger partial charge in [0.1, 0.15) is 5.03 Å². The molecular formula is C23H23N3O2S. The highest BCUT2D eigenvalue weighted by atomic mass is 32.2. The fraction of sp³-hybridized carbons (Fsp3) is 0.348. The third-order valence-corrected chi connectivity index (χ3v) is 7.29. The average Bonchev–Trinajstić information content (AvgIpc) is 3.35. The molecule has 1 aromatic heterocycles. The molecule has 6 heteroatoms. The Balaban J connectivity index is 1.43. The van der Waals surface area contributed by atoms with Gasteiger partial charge < -0.3 is 0 Å². The average molecular weight is 406 g/mol. The third kappa shape index (κ3) is 3.69. The van der Waals surface area contributed by atoms with E-state index in [4.69, 9.17) is 0 Å². The summed E-state index contributed by atoms with van der Waals surface area (Å²) < 4.78 is 0. The Bertz CT molecular complexity index is 1110. The van der Waals surface area contributed by atoms with Gasteiger partial charge in [-0.25, -0.2) is 5.43 Å². The molecule has 0 unspecified atom stereocenters. The van der Waals surface area contributed by atoms with Gasteiger partial charge in [-0.05, 0) is 55.2 Å². The number of carbonyl (C=O) groups excluding carboxylic acids is 1. The minimum atomic E-state index is -0.292. The molecule has 2 aliphatic rings. The highest BCUT2D eigenvalue weighted by Crippen LogP contribution is 2.49. The second kappa shape index (κ2) is 7.67. The SMILES string of the molecule is O=C(C[C@H]1C[C@@H]2CC[C@H]1C2)Nn1nc(Sc2ccccc2)c2ccccc2c1=O. The lowest BCUT2D eigenvalue weighted by Gasteiger charge is -2.21. The quantitative estimate of drug-likeness (QED) is 0.681. The summed E-state index contributed by atoms with van der Waals surface area (Å²) in [5.74, 6) is 1.80. The monoisotopic (exact) mass is 405 g/mol. The molecule has 2 aliphatic carbocycles. The van der Waals surface area contributed by atoms with Crippen molar-refractivity contribution in [2.45, 2.75) is 42.0 Å². The minimum absolute atomic E-state index is 0.122. The molecule has 0 saturated heterocycles. The molecule has 2 fully saturated rings. The Morgan fingerprint density at radius 1 is 1.03 bits per heavy atom. The van der Waals surface area contributed by atoms with Crippen molar-refractivity contribution >= 4 is 28.4 Å². The van der Waals surface area contributed by atoms with E-state index in [1.807, 2.05) is 48.5 Å². The number of amides is 1. The Morgan fingerprint density at radius 3 is 2.52 bits per heavy atom. The molecule has 3 atom stereocenters. The van der Waals surface area contributed by atoms with E-state index in [0.29, 0.717) is 28.7 Å². The van der Waals surface area contributed by atoms with Gasteiger partial charge in [0.25, 0.3) is 5.56 Å². The number of nitrogens with one attached hydrogen (secondary N) is 1. The highest BCUT2D eigenvalue weighted by molar-refractivity contribution is 7.99. The Kier molecular flexibility index (Phi) is 4.87. The van der Waals surface area contributed by atoms with Crippen LogP contribution in [0.3, 0.4) is 0 Å². The molecule has 29 heavy (non-hydrogen) atoms. The zero-order chi connectivity index (χ0) is 19.8. The number of aromatic nitrogens is 2. The normalized spacial score (nSPS) is 22.8. The fourth-order valence-electron chi connectivity index (χ4n) is 4.94. The van der Waals surface area contributed by atoms with E-state index < -0.39 is 0 Å². The smallest absolute Gasteiger partial charge is 0.273 e. The molecule has 1 N–H and O–H groups in total. The van der Waals surface area contributed by atoms with Crippen LogP contribution in [0.2, 0.25) is 0 Å². The predicted molar refractivity (Wildman–Crippen MR) is 114 cm³/mol. The summed E-state index contributed by atoms with van der Waals surface area (Å²) in [5.41, 5.74) is 2.46. The van der Waals surface area contributed by atoms with Crippen LogP contribution < -0.4 is 11.0 Å². The van der Waals surface area contributed by atoms with Crippen LogP contribution >= 0.6 is 11.8 Å². The van der Waals surface area contributed by atoms with Crippen molar-refractivity contribution in [1.29, 1.82) is 0 Å². The Morgan fingerprint density at radius 2 is 1.79 bits per heavy atom. The molecule has 5 nitrogen and oxygen atoms in total. The Labute approximate surface area is 173 Å². The summed E-state index contributed by atoms with van der Waals surface area (Å²) in [6, 6.07) is 17.3. The minimum Gasteiger partial charge on any atom is -0.273 e. The van der Waals surface area contributed by atoms with Crippen molar-refractivity contribution < 1.29 is 4.79 Å². The van der Waals surface area contributed by atoms with Crippen molar-refractivity contribution in [2.75, 3.05) is 5.43 Å². The molecule has 1 amide bonds. The van der Waals surface area contributed by atoms with Gasteiger partial charge in [0.05, 0.1) is 5.39 Å². The second-order valence-corrected chi connectivity index (χ2v) is 9.22. The molecular weight excluding hydrogens is 382 g/mol. The van der Waals surface area contributed by atoms with Crippen molar-refractivity contribution in [2.24, 2.45) is 17.8 Å². The van der Waals surface area contributed by atoms with E-state index in [1.54, 1.807) is 6.07 Å². The van der Waals surface area contributed by atoms with Crippen LogP contribution in [0, 0.1) is 17.8 Å². The molecule has 3 aromatic rings. The fourth-order valence-corrected chi connectivity index (χ4v) is 5.87. The first kappa shape index (κ1) is 18.4.